The molecular formula is C12H15N3O2. The van der Waals surface area contributed by atoms with Crippen molar-refractivity contribution in [3.63, 3.8) is 0 Å². The van der Waals surface area contributed by atoms with Crippen molar-refractivity contribution in [2.24, 2.45) is 11.7 Å². The number of rotatable bonds is 2. The van der Waals surface area contributed by atoms with Crippen molar-refractivity contribution in [1.29, 1.82) is 0 Å². The SMILES string of the molecule is NC(=O)C1CCN(C(=O)c2ccccn2)CC1. The summed E-state index contributed by atoms with van der Waals surface area (Å²) in [6, 6.07) is 5.26. The van der Waals surface area contributed by atoms with Crippen LogP contribution in [-0.4, -0.2) is 34.8 Å². The predicted molar refractivity (Wildman–Crippen MR) is 62.1 cm³/mol. The molecule has 2 N–H and O–H groups in total. The van der Waals surface area contributed by atoms with Gasteiger partial charge in [-0.25, -0.2) is 0 Å². The summed E-state index contributed by atoms with van der Waals surface area (Å²) in [5.74, 6) is -0.439. The highest BCUT2D eigenvalue weighted by Crippen LogP contribution is 2.17. The van der Waals surface area contributed by atoms with Crippen LogP contribution in [0.25, 0.3) is 0 Å². The van der Waals surface area contributed by atoms with Gasteiger partial charge in [-0.05, 0) is 25.0 Å². The first-order valence-electron chi connectivity index (χ1n) is 5.68. The van der Waals surface area contributed by atoms with Gasteiger partial charge in [-0.1, -0.05) is 6.07 Å². The number of nitrogens with two attached hydrogens (primary N) is 1. The summed E-state index contributed by atoms with van der Waals surface area (Å²) in [7, 11) is 0. The summed E-state index contributed by atoms with van der Waals surface area (Å²) in [6.07, 6.45) is 2.89. The van der Waals surface area contributed by atoms with E-state index in [2.05, 4.69) is 4.98 Å². The molecule has 1 aliphatic rings. The number of aromatic nitrogens is 1. The average molecular weight is 233 g/mol. The lowest BCUT2D eigenvalue weighted by molar-refractivity contribution is -0.123. The molecule has 0 radical (unpaired) electrons. The quantitative estimate of drug-likeness (QED) is 0.804. The van der Waals surface area contributed by atoms with Crippen molar-refractivity contribution < 1.29 is 9.59 Å². The first-order valence-corrected chi connectivity index (χ1v) is 5.68. The molecule has 0 bridgehead atoms. The van der Waals surface area contributed by atoms with Crippen LogP contribution in [0.15, 0.2) is 24.4 Å². The largest absolute Gasteiger partial charge is 0.369 e. The fourth-order valence-corrected chi connectivity index (χ4v) is 2.02. The zero-order valence-electron chi connectivity index (χ0n) is 9.50. The lowest BCUT2D eigenvalue weighted by Crippen LogP contribution is -2.41. The number of primary amides is 1. The van der Waals surface area contributed by atoms with Crippen molar-refractivity contribution in [2.75, 3.05) is 13.1 Å². The number of hydrogen-bond acceptors (Lipinski definition) is 3. The van der Waals surface area contributed by atoms with Crippen LogP contribution in [0, 0.1) is 5.92 Å². The monoisotopic (exact) mass is 233 g/mol. The molecule has 2 heterocycles. The predicted octanol–water partition coefficient (Wildman–Crippen LogP) is 0.419. The Hall–Kier alpha value is -1.91. The molecule has 2 amide bonds. The highest BCUT2D eigenvalue weighted by Gasteiger charge is 2.26. The van der Waals surface area contributed by atoms with Crippen molar-refractivity contribution in [2.45, 2.75) is 12.8 Å². The second-order valence-corrected chi connectivity index (χ2v) is 4.18. The molecule has 1 aromatic heterocycles. The topological polar surface area (TPSA) is 76.3 Å². The first-order chi connectivity index (χ1) is 8.18. The minimum Gasteiger partial charge on any atom is -0.369 e. The molecule has 1 fully saturated rings. The van der Waals surface area contributed by atoms with E-state index in [0.29, 0.717) is 31.6 Å². The molecule has 1 aliphatic heterocycles. The zero-order valence-corrected chi connectivity index (χ0v) is 9.50. The maximum absolute atomic E-state index is 12.0. The maximum atomic E-state index is 12.0. The van der Waals surface area contributed by atoms with Gasteiger partial charge in [0.25, 0.3) is 5.91 Å². The summed E-state index contributed by atoms with van der Waals surface area (Å²) in [4.78, 5) is 28.8. The van der Waals surface area contributed by atoms with Crippen LogP contribution in [0.1, 0.15) is 23.3 Å². The Morgan fingerprint density at radius 1 is 1.29 bits per heavy atom. The van der Waals surface area contributed by atoms with Crippen LogP contribution in [0.5, 0.6) is 0 Å². The fourth-order valence-electron chi connectivity index (χ4n) is 2.02. The van der Waals surface area contributed by atoms with E-state index in [1.165, 1.54) is 0 Å². The van der Waals surface area contributed by atoms with Crippen LogP contribution < -0.4 is 5.73 Å². The van der Waals surface area contributed by atoms with Gasteiger partial charge in [0.05, 0.1) is 0 Å². The number of amides is 2. The van der Waals surface area contributed by atoms with Gasteiger partial charge < -0.3 is 10.6 Å². The Bertz CT molecular complexity index is 411. The summed E-state index contributed by atoms with van der Waals surface area (Å²) < 4.78 is 0. The van der Waals surface area contributed by atoms with Crippen molar-refractivity contribution in [1.82, 2.24) is 9.88 Å². The Labute approximate surface area is 99.6 Å². The van der Waals surface area contributed by atoms with Crippen LogP contribution in [0.3, 0.4) is 0 Å². The molecule has 0 aliphatic carbocycles. The van der Waals surface area contributed by atoms with Gasteiger partial charge in [0.1, 0.15) is 5.69 Å². The van der Waals surface area contributed by atoms with E-state index < -0.39 is 0 Å². The van der Waals surface area contributed by atoms with Crippen LogP contribution >= 0.6 is 0 Å². The van der Waals surface area contributed by atoms with Gasteiger partial charge in [0, 0.05) is 25.2 Å². The molecule has 1 saturated heterocycles. The number of pyridine rings is 1. The third-order valence-electron chi connectivity index (χ3n) is 3.07. The molecule has 0 atom stereocenters. The van der Waals surface area contributed by atoms with Crippen LogP contribution in [0.2, 0.25) is 0 Å². The molecule has 0 saturated carbocycles. The standard InChI is InChI=1S/C12H15N3O2/c13-11(16)9-4-7-15(8-5-9)12(17)10-3-1-2-6-14-10/h1-3,6,9H,4-5,7-8H2,(H2,13,16). The molecule has 0 unspecified atom stereocenters. The molecule has 5 nitrogen and oxygen atoms in total. The van der Waals surface area contributed by atoms with E-state index in [1.807, 2.05) is 0 Å². The van der Waals surface area contributed by atoms with Gasteiger partial charge >= 0.3 is 0 Å². The van der Waals surface area contributed by atoms with Crippen molar-refractivity contribution in [3.05, 3.63) is 30.1 Å². The Kier molecular flexibility index (Phi) is 3.37. The van der Waals surface area contributed by atoms with Gasteiger partial charge in [-0.15, -0.1) is 0 Å². The summed E-state index contributed by atoms with van der Waals surface area (Å²) in [6.45, 7) is 1.14. The summed E-state index contributed by atoms with van der Waals surface area (Å²) in [5, 5.41) is 0. The number of carbonyl (C=O) groups is 2. The van der Waals surface area contributed by atoms with Crippen molar-refractivity contribution >= 4 is 11.8 Å². The van der Waals surface area contributed by atoms with E-state index in [0.717, 1.165) is 0 Å². The zero-order chi connectivity index (χ0) is 12.3. The third-order valence-corrected chi connectivity index (χ3v) is 3.07. The highest BCUT2D eigenvalue weighted by molar-refractivity contribution is 5.92. The van der Waals surface area contributed by atoms with E-state index in [4.69, 9.17) is 5.73 Å². The smallest absolute Gasteiger partial charge is 0.272 e. The maximum Gasteiger partial charge on any atom is 0.272 e. The Morgan fingerprint density at radius 2 is 2.00 bits per heavy atom. The fraction of sp³-hybridized carbons (Fsp3) is 0.417. The number of likely N-dealkylation sites (tertiary alicyclic amines) is 1. The molecule has 90 valence electrons. The lowest BCUT2D eigenvalue weighted by Gasteiger charge is -2.30. The molecule has 17 heavy (non-hydrogen) atoms. The number of carbonyl (C=O) groups excluding carboxylic acids is 2. The molecule has 5 heteroatoms. The molecule has 2 rings (SSSR count). The number of hydrogen-bond donors (Lipinski definition) is 1. The minimum atomic E-state index is -0.269. The third kappa shape index (κ3) is 2.61. The summed E-state index contributed by atoms with van der Waals surface area (Å²) in [5.41, 5.74) is 5.69. The van der Waals surface area contributed by atoms with Crippen LogP contribution in [0.4, 0.5) is 0 Å². The van der Waals surface area contributed by atoms with Crippen molar-refractivity contribution in [3.8, 4) is 0 Å². The summed E-state index contributed by atoms with van der Waals surface area (Å²) >= 11 is 0. The van der Waals surface area contributed by atoms with E-state index in [1.54, 1.807) is 29.3 Å². The Balaban J connectivity index is 1.98. The van der Waals surface area contributed by atoms with E-state index in [-0.39, 0.29) is 17.7 Å². The van der Waals surface area contributed by atoms with Crippen LogP contribution in [-0.2, 0) is 4.79 Å². The molecule has 0 spiro atoms. The second kappa shape index (κ2) is 4.95. The van der Waals surface area contributed by atoms with Gasteiger partial charge in [-0.2, -0.15) is 0 Å². The number of piperidine rings is 1. The Morgan fingerprint density at radius 3 is 2.53 bits per heavy atom. The van der Waals surface area contributed by atoms with Gasteiger partial charge in [-0.3, -0.25) is 14.6 Å². The molecular weight excluding hydrogens is 218 g/mol. The van der Waals surface area contributed by atoms with Gasteiger partial charge in [0.2, 0.25) is 5.91 Å². The minimum absolute atomic E-state index is 0.0754. The van der Waals surface area contributed by atoms with E-state index >= 15 is 0 Å². The van der Waals surface area contributed by atoms with E-state index in [9.17, 15) is 9.59 Å². The highest BCUT2D eigenvalue weighted by atomic mass is 16.2. The number of nitrogens with zero attached hydrogens (tertiary/aromatic N) is 2. The average Bonchev–Trinajstić information content (AvgIpc) is 2.39. The second-order valence-electron chi connectivity index (χ2n) is 4.18. The lowest BCUT2D eigenvalue weighted by atomic mass is 9.96. The molecule has 1 aromatic rings. The first kappa shape index (κ1) is 11.6. The normalized spacial score (nSPS) is 16.8. The molecule has 0 aromatic carbocycles. The van der Waals surface area contributed by atoms with Gasteiger partial charge in [0.15, 0.2) is 0 Å².